The largest absolute Gasteiger partial charge is 0.491 e. The van der Waals surface area contributed by atoms with Crippen molar-refractivity contribution in [2.24, 2.45) is 0 Å². The van der Waals surface area contributed by atoms with Crippen LogP contribution in [0.25, 0.3) is 0 Å². The van der Waals surface area contributed by atoms with Crippen LogP contribution in [0.4, 0.5) is 0 Å². The number of benzene rings is 2. The monoisotopic (exact) mass is 446 g/mol. The Kier molecular flexibility index (Phi) is 8.45. The van der Waals surface area contributed by atoms with E-state index in [2.05, 4.69) is 5.32 Å². The third kappa shape index (κ3) is 6.78. The number of rotatable bonds is 10. The molecule has 1 atom stereocenters. The summed E-state index contributed by atoms with van der Waals surface area (Å²) < 4.78 is 38.0. The summed E-state index contributed by atoms with van der Waals surface area (Å²) in [5.74, 6) is 0.545. The average Bonchev–Trinajstić information content (AvgIpc) is 2.79. The molecular formula is C23H30N2O5S. The Morgan fingerprint density at radius 2 is 1.84 bits per heavy atom. The Hall–Kier alpha value is -2.42. The van der Waals surface area contributed by atoms with Crippen molar-refractivity contribution >= 4 is 15.9 Å². The van der Waals surface area contributed by atoms with Crippen LogP contribution >= 0.6 is 0 Å². The maximum Gasteiger partial charge on any atom is 0.243 e. The molecule has 0 bridgehead atoms. The van der Waals surface area contributed by atoms with E-state index in [1.807, 2.05) is 30.3 Å². The van der Waals surface area contributed by atoms with Gasteiger partial charge in [0.2, 0.25) is 15.9 Å². The van der Waals surface area contributed by atoms with Crippen molar-refractivity contribution < 1.29 is 22.7 Å². The fourth-order valence-electron chi connectivity index (χ4n) is 3.58. The van der Waals surface area contributed by atoms with Gasteiger partial charge in [0.1, 0.15) is 12.4 Å². The molecule has 3 rings (SSSR count). The van der Waals surface area contributed by atoms with Crippen molar-refractivity contribution in [2.75, 3.05) is 33.4 Å². The number of amides is 1. The minimum absolute atomic E-state index is 0.0503. The molecule has 1 amide bonds. The van der Waals surface area contributed by atoms with E-state index in [9.17, 15) is 13.2 Å². The first-order valence-electron chi connectivity index (χ1n) is 10.5. The van der Waals surface area contributed by atoms with Gasteiger partial charge >= 0.3 is 0 Å². The molecule has 2 aromatic rings. The third-order valence-electron chi connectivity index (χ3n) is 5.25. The summed E-state index contributed by atoms with van der Waals surface area (Å²) in [5.41, 5.74) is 1.11. The van der Waals surface area contributed by atoms with Crippen LogP contribution in [0.2, 0.25) is 0 Å². The van der Waals surface area contributed by atoms with Crippen molar-refractivity contribution in [3.8, 4) is 5.75 Å². The zero-order valence-electron chi connectivity index (χ0n) is 17.8. The van der Waals surface area contributed by atoms with Crippen LogP contribution in [-0.2, 0) is 26.0 Å². The molecule has 1 heterocycles. The number of sulfonamides is 1. The number of aryl methyl sites for hydroxylation is 1. The summed E-state index contributed by atoms with van der Waals surface area (Å²) in [6.07, 6.45) is 2.54. The second-order valence-corrected chi connectivity index (χ2v) is 9.51. The summed E-state index contributed by atoms with van der Waals surface area (Å²) in [6, 6.07) is 16.1. The summed E-state index contributed by atoms with van der Waals surface area (Å²) in [7, 11) is -2.03. The van der Waals surface area contributed by atoms with Gasteiger partial charge in [-0.05, 0) is 49.1 Å². The molecule has 168 valence electrons. The molecule has 8 heteroatoms. The van der Waals surface area contributed by atoms with Crippen LogP contribution in [0.1, 0.15) is 24.8 Å². The number of methoxy groups -OCH3 is 1. The number of carbonyl (C=O) groups is 1. The van der Waals surface area contributed by atoms with Crippen LogP contribution in [0, 0.1) is 0 Å². The lowest BCUT2D eigenvalue weighted by Gasteiger charge is -2.32. The van der Waals surface area contributed by atoms with Gasteiger partial charge in [0.15, 0.2) is 0 Å². The van der Waals surface area contributed by atoms with E-state index in [4.69, 9.17) is 9.47 Å². The number of nitrogens with one attached hydrogen (secondary N) is 1. The van der Waals surface area contributed by atoms with Crippen molar-refractivity contribution in [3.05, 3.63) is 60.2 Å². The van der Waals surface area contributed by atoms with Gasteiger partial charge in [0.25, 0.3) is 0 Å². The number of hydrogen-bond donors (Lipinski definition) is 1. The molecule has 0 saturated carbocycles. The topological polar surface area (TPSA) is 84.9 Å². The standard InChI is InChI=1S/C23H30N2O5S/c1-29-16-17-30-21-10-12-22(13-11-21)31(27,28)25-15-5-8-20(18-25)24-23(26)14-9-19-6-3-2-4-7-19/h2-4,6-7,10-13,20H,5,8-9,14-18H2,1H3,(H,24,26). The molecule has 1 saturated heterocycles. The second-order valence-electron chi connectivity index (χ2n) is 7.57. The molecule has 0 aliphatic carbocycles. The third-order valence-corrected chi connectivity index (χ3v) is 7.13. The summed E-state index contributed by atoms with van der Waals surface area (Å²) in [4.78, 5) is 12.6. The molecule has 1 unspecified atom stereocenters. The highest BCUT2D eigenvalue weighted by Crippen LogP contribution is 2.23. The van der Waals surface area contributed by atoms with Gasteiger partial charge in [0.05, 0.1) is 11.5 Å². The van der Waals surface area contributed by atoms with E-state index in [0.717, 1.165) is 12.0 Å². The van der Waals surface area contributed by atoms with Crippen LogP contribution in [0.3, 0.4) is 0 Å². The van der Waals surface area contributed by atoms with E-state index in [-0.39, 0.29) is 23.4 Å². The van der Waals surface area contributed by atoms with E-state index >= 15 is 0 Å². The van der Waals surface area contributed by atoms with Crippen molar-refractivity contribution in [2.45, 2.75) is 36.6 Å². The average molecular weight is 447 g/mol. The maximum atomic E-state index is 13.1. The predicted octanol–water partition coefficient (Wildman–Crippen LogP) is 2.61. The molecule has 1 N–H and O–H groups in total. The quantitative estimate of drug-likeness (QED) is 0.567. The fraction of sp³-hybridized carbons (Fsp3) is 0.435. The number of piperidine rings is 1. The molecular weight excluding hydrogens is 416 g/mol. The Morgan fingerprint density at radius 1 is 1.10 bits per heavy atom. The first-order valence-corrected chi connectivity index (χ1v) is 12.0. The molecule has 1 fully saturated rings. The van der Waals surface area contributed by atoms with Gasteiger partial charge in [-0.15, -0.1) is 0 Å². The maximum absolute atomic E-state index is 13.1. The smallest absolute Gasteiger partial charge is 0.243 e. The van der Waals surface area contributed by atoms with Crippen LogP contribution in [0.15, 0.2) is 59.5 Å². The Balaban J connectivity index is 1.54. The minimum atomic E-state index is -3.63. The molecule has 2 aromatic carbocycles. The highest BCUT2D eigenvalue weighted by Gasteiger charge is 2.30. The van der Waals surface area contributed by atoms with Gasteiger partial charge in [-0.2, -0.15) is 4.31 Å². The number of nitrogens with zero attached hydrogens (tertiary/aromatic N) is 1. The molecule has 1 aliphatic rings. The van der Waals surface area contributed by atoms with Gasteiger partial charge in [0, 0.05) is 32.7 Å². The van der Waals surface area contributed by atoms with E-state index in [1.165, 1.54) is 4.31 Å². The summed E-state index contributed by atoms with van der Waals surface area (Å²) in [5, 5.41) is 3.00. The van der Waals surface area contributed by atoms with Gasteiger partial charge in [-0.3, -0.25) is 4.79 Å². The molecule has 31 heavy (non-hydrogen) atoms. The van der Waals surface area contributed by atoms with Gasteiger partial charge in [-0.25, -0.2) is 8.42 Å². The highest BCUT2D eigenvalue weighted by molar-refractivity contribution is 7.89. The van der Waals surface area contributed by atoms with Crippen LogP contribution in [-0.4, -0.2) is 58.1 Å². The van der Waals surface area contributed by atoms with Crippen LogP contribution in [0.5, 0.6) is 5.75 Å². The normalized spacial score (nSPS) is 17.3. The lowest BCUT2D eigenvalue weighted by molar-refractivity contribution is -0.122. The van der Waals surface area contributed by atoms with Crippen molar-refractivity contribution in [3.63, 3.8) is 0 Å². The zero-order chi connectivity index (χ0) is 22.1. The number of ether oxygens (including phenoxy) is 2. The minimum Gasteiger partial charge on any atom is -0.491 e. The van der Waals surface area contributed by atoms with E-state index in [1.54, 1.807) is 31.4 Å². The molecule has 0 aromatic heterocycles. The van der Waals surface area contributed by atoms with E-state index in [0.29, 0.717) is 44.8 Å². The Morgan fingerprint density at radius 3 is 2.55 bits per heavy atom. The second kappa shape index (κ2) is 11.3. The van der Waals surface area contributed by atoms with Crippen molar-refractivity contribution in [1.82, 2.24) is 9.62 Å². The van der Waals surface area contributed by atoms with Gasteiger partial charge in [-0.1, -0.05) is 30.3 Å². The highest BCUT2D eigenvalue weighted by atomic mass is 32.2. The van der Waals surface area contributed by atoms with Gasteiger partial charge < -0.3 is 14.8 Å². The predicted molar refractivity (Wildman–Crippen MR) is 118 cm³/mol. The lowest BCUT2D eigenvalue weighted by atomic mass is 10.1. The number of hydrogen-bond acceptors (Lipinski definition) is 5. The summed E-state index contributed by atoms with van der Waals surface area (Å²) in [6.45, 7) is 1.60. The number of carbonyl (C=O) groups excluding carboxylic acids is 1. The van der Waals surface area contributed by atoms with E-state index < -0.39 is 10.0 Å². The Bertz CT molecular complexity index is 932. The summed E-state index contributed by atoms with van der Waals surface area (Å²) >= 11 is 0. The fourth-order valence-corrected chi connectivity index (χ4v) is 5.10. The Labute approximate surface area is 184 Å². The zero-order valence-corrected chi connectivity index (χ0v) is 18.6. The first-order chi connectivity index (χ1) is 15.0. The SMILES string of the molecule is COCCOc1ccc(S(=O)(=O)N2CCCC(NC(=O)CCc3ccccc3)C2)cc1. The van der Waals surface area contributed by atoms with Crippen LogP contribution < -0.4 is 10.1 Å². The molecule has 0 radical (unpaired) electrons. The van der Waals surface area contributed by atoms with Crippen molar-refractivity contribution in [1.29, 1.82) is 0 Å². The first kappa shape index (κ1) is 23.2. The molecule has 1 aliphatic heterocycles. The lowest BCUT2D eigenvalue weighted by Crippen LogP contribution is -2.49. The molecule has 7 nitrogen and oxygen atoms in total. The molecule has 0 spiro atoms.